The summed E-state index contributed by atoms with van der Waals surface area (Å²) in [6.45, 7) is 0.355. The predicted octanol–water partition coefficient (Wildman–Crippen LogP) is 5.80. The molecule has 7 rings (SSSR count). The van der Waals surface area contributed by atoms with E-state index in [1.807, 2.05) is 12.1 Å². The van der Waals surface area contributed by atoms with E-state index in [1.165, 1.54) is 23.0 Å². The van der Waals surface area contributed by atoms with Crippen LogP contribution in [0.1, 0.15) is 46.6 Å². The van der Waals surface area contributed by atoms with Gasteiger partial charge in [-0.15, -0.1) is 0 Å². The van der Waals surface area contributed by atoms with Crippen LogP contribution >= 0.6 is 23.1 Å². The van der Waals surface area contributed by atoms with Crippen LogP contribution in [0.4, 0.5) is 5.13 Å². The molecule has 3 aromatic carbocycles. The first-order chi connectivity index (χ1) is 17.1. The SMILES string of the molecule is N#Cc1cc([S+]([O-])Nc2ncns2)ccc1OCC12CCC(c3ccccc31)c1cccc(Cl)c12. The number of ether oxygens (including phenoxy) is 1. The number of hydrogen-bond acceptors (Lipinski definition) is 7. The summed E-state index contributed by atoms with van der Waals surface area (Å²) in [5.41, 5.74) is 4.89. The second-order valence-corrected chi connectivity index (χ2v) is 11.0. The van der Waals surface area contributed by atoms with Crippen LogP contribution in [0, 0.1) is 11.3 Å². The average molecular weight is 519 g/mol. The van der Waals surface area contributed by atoms with E-state index in [1.54, 1.807) is 18.2 Å². The van der Waals surface area contributed by atoms with E-state index in [2.05, 4.69) is 50.5 Å². The van der Waals surface area contributed by atoms with Crippen LogP contribution in [0.25, 0.3) is 0 Å². The van der Waals surface area contributed by atoms with Crippen molar-refractivity contribution >= 4 is 39.6 Å². The maximum absolute atomic E-state index is 12.7. The summed E-state index contributed by atoms with van der Waals surface area (Å²) in [6.07, 6.45) is 3.33. The molecule has 174 valence electrons. The number of anilines is 1. The lowest BCUT2D eigenvalue weighted by atomic mass is 9.55. The molecule has 35 heavy (non-hydrogen) atoms. The zero-order chi connectivity index (χ0) is 24.0. The maximum Gasteiger partial charge on any atom is 0.245 e. The van der Waals surface area contributed by atoms with Gasteiger partial charge in [0.15, 0.2) is 4.90 Å². The highest BCUT2D eigenvalue weighted by atomic mass is 35.5. The summed E-state index contributed by atoms with van der Waals surface area (Å²) in [6, 6.07) is 21.8. The lowest BCUT2D eigenvalue weighted by Crippen LogP contribution is -2.44. The van der Waals surface area contributed by atoms with E-state index >= 15 is 0 Å². The van der Waals surface area contributed by atoms with Gasteiger partial charge in [0.25, 0.3) is 0 Å². The molecule has 9 heteroatoms. The maximum atomic E-state index is 12.7. The number of aromatic nitrogens is 2. The van der Waals surface area contributed by atoms with Gasteiger partial charge in [0, 0.05) is 28.5 Å². The Morgan fingerprint density at radius 1 is 1.20 bits per heavy atom. The van der Waals surface area contributed by atoms with E-state index in [0.717, 1.165) is 35.0 Å². The molecule has 3 unspecified atom stereocenters. The number of hydrogen-bond donors (Lipinski definition) is 1. The van der Waals surface area contributed by atoms with Crippen LogP contribution in [0.3, 0.4) is 0 Å². The number of nitriles is 1. The largest absolute Gasteiger partial charge is 0.588 e. The molecular weight excluding hydrogens is 500 g/mol. The van der Waals surface area contributed by atoms with Gasteiger partial charge in [-0.1, -0.05) is 48.0 Å². The summed E-state index contributed by atoms with van der Waals surface area (Å²) in [5, 5.41) is 11.0. The number of benzene rings is 3. The second-order valence-electron chi connectivity index (χ2n) is 8.64. The number of nitrogens with zero attached hydrogens (tertiary/aromatic N) is 3. The normalized spacial score (nSPS) is 20.4. The summed E-state index contributed by atoms with van der Waals surface area (Å²) >= 11 is 6.33. The van der Waals surface area contributed by atoms with Crippen LogP contribution in [-0.2, 0) is 16.8 Å². The van der Waals surface area contributed by atoms with Gasteiger partial charge in [-0.05, 0) is 53.3 Å². The number of nitrogens with one attached hydrogen (secondary N) is 1. The molecule has 1 heterocycles. The smallest absolute Gasteiger partial charge is 0.245 e. The lowest BCUT2D eigenvalue weighted by molar-refractivity contribution is 0.209. The van der Waals surface area contributed by atoms with Crippen molar-refractivity contribution in [3.8, 4) is 11.8 Å². The molecule has 0 radical (unpaired) electrons. The first-order valence-electron chi connectivity index (χ1n) is 11.1. The van der Waals surface area contributed by atoms with E-state index in [4.69, 9.17) is 16.3 Å². The Kier molecular flexibility index (Phi) is 5.66. The van der Waals surface area contributed by atoms with Crippen molar-refractivity contribution < 1.29 is 9.29 Å². The lowest BCUT2D eigenvalue weighted by Gasteiger charge is -2.49. The predicted molar refractivity (Wildman–Crippen MR) is 136 cm³/mol. The molecule has 0 aliphatic heterocycles. The summed E-state index contributed by atoms with van der Waals surface area (Å²) in [7, 11) is 0. The second kappa shape index (κ2) is 8.85. The van der Waals surface area contributed by atoms with Crippen molar-refractivity contribution in [2.45, 2.75) is 29.1 Å². The zero-order valence-electron chi connectivity index (χ0n) is 18.4. The van der Waals surface area contributed by atoms with Gasteiger partial charge < -0.3 is 9.29 Å². The Bertz CT molecular complexity index is 1460. The van der Waals surface area contributed by atoms with E-state index in [0.29, 0.717) is 33.9 Å². The molecule has 1 aromatic heterocycles. The van der Waals surface area contributed by atoms with Gasteiger partial charge in [-0.25, -0.2) is 4.98 Å². The van der Waals surface area contributed by atoms with Crippen LogP contribution in [-0.4, -0.2) is 20.5 Å². The molecule has 0 saturated heterocycles. The molecule has 6 nitrogen and oxygen atoms in total. The highest BCUT2D eigenvalue weighted by Gasteiger charge is 2.50. The quantitative estimate of drug-likeness (QED) is 0.324. The third-order valence-corrected chi connectivity index (χ3v) is 9.00. The molecule has 3 aliphatic carbocycles. The van der Waals surface area contributed by atoms with Crippen LogP contribution in [0.5, 0.6) is 5.75 Å². The van der Waals surface area contributed by atoms with Crippen molar-refractivity contribution in [1.82, 2.24) is 9.36 Å². The van der Waals surface area contributed by atoms with Crippen molar-refractivity contribution in [3.05, 3.63) is 99.8 Å². The number of rotatable bonds is 6. The van der Waals surface area contributed by atoms with Crippen molar-refractivity contribution in [2.24, 2.45) is 0 Å². The Labute approximate surface area is 215 Å². The molecule has 3 aliphatic rings. The molecule has 0 spiro atoms. The summed E-state index contributed by atoms with van der Waals surface area (Å²) in [4.78, 5) is 4.45. The van der Waals surface area contributed by atoms with Gasteiger partial charge >= 0.3 is 0 Å². The summed E-state index contributed by atoms with van der Waals surface area (Å²) in [5.74, 6) is 0.795. The van der Waals surface area contributed by atoms with Crippen LogP contribution < -0.4 is 9.46 Å². The molecule has 0 saturated carbocycles. The van der Waals surface area contributed by atoms with E-state index in [9.17, 15) is 9.81 Å². The standard InChI is InChI=1S/C26H19ClN4O2S2/c27-22-7-3-5-20-18-10-11-26(24(20)22,21-6-2-1-4-19(18)21)14-33-23-9-8-17(12-16(23)13-28)35(32)31-25-29-15-30-34-25/h1-9,12,15,18H,10-11,14H2,(H,29,30,31). The minimum Gasteiger partial charge on any atom is -0.588 e. The van der Waals surface area contributed by atoms with Crippen molar-refractivity contribution in [3.63, 3.8) is 0 Å². The highest BCUT2D eigenvalue weighted by molar-refractivity contribution is 7.93. The minimum absolute atomic E-state index is 0.323. The van der Waals surface area contributed by atoms with Gasteiger partial charge in [-0.3, -0.25) is 0 Å². The topological polar surface area (TPSA) is 93.9 Å². The molecule has 3 atom stereocenters. The molecule has 0 amide bonds. The fraction of sp³-hybridized carbons (Fsp3) is 0.192. The summed E-state index contributed by atoms with van der Waals surface area (Å²) < 4.78 is 25.7. The van der Waals surface area contributed by atoms with Gasteiger partial charge in [0.05, 0.1) is 11.0 Å². The molecule has 0 fully saturated rings. The van der Waals surface area contributed by atoms with Crippen molar-refractivity contribution in [2.75, 3.05) is 11.3 Å². The molecular formula is C26H19ClN4O2S2. The third kappa shape index (κ3) is 3.67. The fourth-order valence-corrected chi connectivity index (χ4v) is 7.23. The Balaban J connectivity index is 1.33. The Morgan fingerprint density at radius 2 is 2.06 bits per heavy atom. The zero-order valence-corrected chi connectivity index (χ0v) is 20.8. The van der Waals surface area contributed by atoms with E-state index < -0.39 is 16.8 Å². The highest BCUT2D eigenvalue weighted by Crippen LogP contribution is 2.58. The minimum atomic E-state index is -1.57. The fourth-order valence-electron chi connectivity index (χ4n) is 5.45. The van der Waals surface area contributed by atoms with Crippen LogP contribution in [0.2, 0.25) is 5.02 Å². The first kappa shape index (κ1) is 22.4. The molecule has 1 N–H and O–H groups in total. The number of fused-ring (bicyclic) bond motifs is 1. The third-order valence-electron chi connectivity index (χ3n) is 6.91. The monoisotopic (exact) mass is 518 g/mol. The Hall–Kier alpha value is -3.09. The molecule has 4 aromatic rings. The average Bonchev–Trinajstić information content (AvgIpc) is 3.41. The Morgan fingerprint density at radius 3 is 2.89 bits per heavy atom. The molecule has 2 bridgehead atoms. The van der Waals surface area contributed by atoms with Gasteiger partial charge in [0.1, 0.15) is 36.1 Å². The number of halogens is 1. The first-order valence-corrected chi connectivity index (χ1v) is 13.4. The van der Waals surface area contributed by atoms with E-state index in [-0.39, 0.29) is 0 Å². The van der Waals surface area contributed by atoms with Crippen LogP contribution in [0.15, 0.2) is 71.9 Å². The van der Waals surface area contributed by atoms with Gasteiger partial charge in [0.2, 0.25) is 5.13 Å². The van der Waals surface area contributed by atoms with Gasteiger partial charge in [-0.2, -0.15) is 14.4 Å². The van der Waals surface area contributed by atoms with Crippen molar-refractivity contribution in [1.29, 1.82) is 5.26 Å².